The van der Waals surface area contributed by atoms with E-state index in [0.29, 0.717) is 0 Å². The van der Waals surface area contributed by atoms with Crippen LogP contribution in [-0.2, 0) is 11.3 Å². The lowest BCUT2D eigenvalue weighted by Gasteiger charge is -2.38. The van der Waals surface area contributed by atoms with E-state index in [9.17, 15) is 9.59 Å². The predicted molar refractivity (Wildman–Crippen MR) is 100 cm³/mol. The molecule has 7 nitrogen and oxygen atoms in total. The molecule has 0 unspecified atom stereocenters. The molecule has 0 aliphatic carbocycles. The number of aryl methyl sites for hydroxylation is 2. The van der Waals surface area contributed by atoms with E-state index in [1.54, 1.807) is 24.9 Å². The summed E-state index contributed by atoms with van der Waals surface area (Å²) in [5.74, 6) is 0.848. The molecule has 0 radical (unpaired) electrons. The minimum Gasteiger partial charge on any atom is -0.355 e. The number of carbonyl (C=O) groups is 1. The molecular weight excluding hydrogens is 330 g/mol. The zero-order chi connectivity index (χ0) is 18.7. The number of anilines is 1. The van der Waals surface area contributed by atoms with Gasteiger partial charge in [-0.15, -0.1) is 0 Å². The first-order valence-corrected chi connectivity index (χ1v) is 8.93. The molecule has 1 atom stereocenters. The highest BCUT2D eigenvalue weighted by Crippen LogP contribution is 2.20. The van der Waals surface area contributed by atoms with Gasteiger partial charge < -0.3 is 9.80 Å². The van der Waals surface area contributed by atoms with E-state index in [4.69, 9.17) is 0 Å². The molecule has 0 spiro atoms. The summed E-state index contributed by atoms with van der Waals surface area (Å²) in [5, 5.41) is 4.15. The van der Waals surface area contributed by atoms with Crippen LogP contribution in [0.3, 0.4) is 0 Å². The van der Waals surface area contributed by atoms with Crippen LogP contribution < -0.4 is 10.5 Å². The predicted octanol–water partition coefficient (Wildman–Crippen LogP) is 1.38. The first-order valence-electron chi connectivity index (χ1n) is 8.93. The van der Waals surface area contributed by atoms with Crippen molar-refractivity contribution in [2.45, 2.75) is 39.3 Å². The Morgan fingerprint density at radius 2 is 2.04 bits per heavy atom. The molecule has 0 aromatic carbocycles. The molecule has 3 rings (SSSR count). The quantitative estimate of drug-likeness (QED) is 0.829. The largest absolute Gasteiger partial charge is 0.355 e. The Kier molecular flexibility index (Phi) is 5.35. The van der Waals surface area contributed by atoms with Crippen molar-refractivity contribution >= 4 is 11.7 Å². The highest BCUT2D eigenvalue weighted by atomic mass is 16.2. The molecule has 0 saturated carbocycles. The van der Waals surface area contributed by atoms with Gasteiger partial charge in [-0.05, 0) is 44.9 Å². The van der Waals surface area contributed by atoms with E-state index in [1.807, 2.05) is 25.1 Å². The topological polar surface area (TPSA) is 71.3 Å². The van der Waals surface area contributed by atoms with Crippen LogP contribution in [0, 0.1) is 13.8 Å². The molecule has 26 heavy (non-hydrogen) atoms. The van der Waals surface area contributed by atoms with E-state index in [-0.39, 0.29) is 24.1 Å². The van der Waals surface area contributed by atoms with Gasteiger partial charge in [-0.1, -0.05) is 6.07 Å². The lowest BCUT2D eigenvalue weighted by molar-refractivity contribution is -0.133. The van der Waals surface area contributed by atoms with E-state index in [0.717, 1.165) is 43.1 Å². The third kappa shape index (κ3) is 4.09. The van der Waals surface area contributed by atoms with Gasteiger partial charge in [0.15, 0.2) is 0 Å². The van der Waals surface area contributed by atoms with Gasteiger partial charge >= 0.3 is 0 Å². The third-order valence-electron chi connectivity index (χ3n) is 4.82. The summed E-state index contributed by atoms with van der Waals surface area (Å²) in [6.07, 6.45) is 1.95. The second-order valence-electron chi connectivity index (χ2n) is 6.85. The second-order valence-corrected chi connectivity index (χ2v) is 6.85. The number of likely N-dealkylation sites (N-methyl/N-ethyl adjacent to an activating group) is 1. The van der Waals surface area contributed by atoms with Crippen molar-refractivity contribution in [3.05, 3.63) is 52.1 Å². The summed E-state index contributed by atoms with van der Waals surface area (Å²) in [6, 6.07) is 9.19. The number of carbonyl (C=O) groups excluding carboxylic acids is 1. The summed E-state index contributed by atoms with van der Waals surface area (Å²) in [4.78, 5) is 33.1. The van der Waals surface area contributed by atoms with E-state index < -0.39 is 0 Å². The van der Waals surface area contributed by atoms with Gasteiger partial charge in [0.25, 0.3) is 5.56 Å². The monoisotopic (exact) mass is 355 g/mol. The van der Waals surface area contributed by atoms with Crippen molar-refractivity contribution < 1.29 is 4.79 Å². The Labute approximate surface area is 153 Å². The molecule has 0 bridgehead atoms. The van der Waals surface area contributed by atoms with Crippen LogP contribution in [0.5, 0.6) is 0 Å². The van der Waals surface area contributed by atoms with Crippen molar-refractivity contribution in [2.24, 2.45) is 0 Å². The number of aromatic nitrogens is 3. The van der Waals surface area contributed by atoms with Crippen molar-refractivity contribution in [1.29, 1.82) is 0 Å². The smallest absolute Gasteiger partial charge is 0.267 e. The van der Waals surface area contributed by atoms with E-state index in [1.165, 1.54) is 10.7 Å². The molecule has 1 aliphatic heterocycles. The third-order valence-corrected chi connectivity index (χ3v) is 4.82. The fourth-order valence-electron chi connectivity index (χ4n) is 3.29. The molecule has 1 amide bonds. The SMILES string of the molecule is Cc1cccc(N2CCC[C@@H](N(C)C(=O)Cn3nc(C)ccc3=O)C2)n1. The van der Waals surface area contributed by atoms with Crippen LogP contribution in [0.4, 0.5) is 5.82 Å². The molecule has 2 aromatic heterocycles. The minimum absolute atomic E-state index is 0.0315. The van der Waals surface area contributed by atoms with Gasteiger partial charge in [-0.2, -0.15) is 5.10 Å². The van der Waals surface area contributed by atoms with Crippen molar-refractivity contribution in [3.63, 3.8) is 0 Å². The Hall–Kier alpha value is -2.70. The van der Waals surface area contributed by atoms with Gasteiger partial charge in [-0.3, -0.25) is 9.59 Å². The maximum absolute atomic E-state index is 12.7. The van der Waals surface area contributed by atoms with Crippen molar-refractivity contribution in [2.75, 3.05) is 25.0 Å². The Morgan fingerprint density at radius 1 is 1.23 bits per heavy atom. The molecule has 1 fully saturated rings. The Balaban J connectivity index is 1.68. The Bertz CT molecular complexity index is 848. The lowest BCUT2D eigenvalue weighted by atomic mass is 10.0. The molecule has 2 aromatic rings. The highest BCUT2D eigenvalue weighted by Gasteiger charge is 2.27. The fourth-order valence-corrected chi connectivity index (χ4v) is 3.29. The van der Waals surface area contributed by atoms with Gasteiger partial charge in [0, 0.05) is 37.9 Å². The van der Waals surface area contributed by atoms with Gasteiger partial charge in [-0.25, -0.2) is 9.67 Å². The summed E-state index contributed by atoms with van der Waals surface area (Å²) < 4.78 is 1.23. The number of hydrogen-bond acceptors (Lipinski definition) is 5. The van der Waals surface area contributed by atoms with Crippen molar-refractivity contribution in [3.8, 4) is 0 Å². The number of rotatable bonds is 4. The zero-order valence-corrected chi connectivity index (χ0v) is 15.6. The number of amides is 1. The minimum atomic E-state index is -0.258. The first kappa shape index (κ1) is 18.1. The lowest BCUT2D eigenvalue weighted by Crippen LogP contribution is -2.50. The normalized spacial score (nSPS) is 17.2. The Morgan fingerprint density at radius 3 is 2.81 bits per heavy atom. The maximum atomic E-state index is 12.7. The molecule has 1 saturated heterocycles. The van der Waals surface area contributed by atoms with E-state index in [2.05, 4.69) is 15.0 Å². The van der Waals surface area contributed by atoms with Crippen LogP contribution in [0.25, 0.3) is 0 Å². The van der Waals surface area contributed by atoms with E-state index >= 15 is 0 Å². The molecule has 3 heterocycles. The van der Waals surface area contributed by atoms with Crippen LogP contribution >= 0.6 is 0 Å². The maximum Gasteiger partial charge on any atom is 0.267 e. The molecule has 0 N–H and O–H groups in total. The average molecular weight is 355 g/mol. The summed E-state index contributed by atoms with van der Waals surface area (Å²) in [6.45, 7) is 5.43. The fraction of sp³-hybridized carbons (Fsp3) is 0.474. The van der Waals surface area contributed by atoms with Crippen LogP contribution in [-0.4, -0.2) is 51.8 Å². The van der Waals surface area contributed by atoms with Gasteiger partial charge in [0.05, 0.1) is 5.69 Å². The zero-order valence-electron chi connectivity index (χ0n) is 15.6. The van der Waals surface area contributed by atoms with Crippen LogP contribution in [0.15, 0.2) is 35.1 Å². The van der Waals surface area contributed by atoms with Gasteiger partial charge in [0.2, 0.25) is 5.91 Å². The summed E-state index contributed by atoms with van der Waals surface area (Å²) >= 11 is 0. The number of piperidine rings is 1. The first-order chi connectivity index (χ1) is 12.4. The number of hydrogen-bond donors (Lipinski definition) is 0. The number of nitrogens with zero attached hydrogens (tertiary/aromatic N) is 5. The summed E-state index contributed by atoms with van der Waals surface area (Å²) in [7, 11) is 1.81. The molecular formula is C19H25N5O2. The van der Waals surface area contributed by atoms with Crippen LogP contribution in [0.1, 0.15) is 24.2 Å². The number of pyridine rings is 1. The standard InChI is InChI=1S/C19H25N5O2/c1-14-6-4-8-17(20-14)23-11-5-7-16(12-23)22(3)19(26)13-24-18(25)10-9-15(2)21-24/h4,6,8-10,16H,5,7,11-13H2,1-3H3/t16-/m1/s1. The second kappa shape index (κ2) is 7.68. The molecule has 138 valence electrons. The molecule has 1 aliphatic rings. The molecule has 7 heteroatoms. The van der Waals surface area contributed by atoms with Gasteiger partial charge in [0.1, 0.15) is 12.4 Å². The van der Waals surface area contributed by atoms with Crippen LogP contribution in [0.2, 0.25) is 0 Å². The highest BCUT2D eigenvalue weighted by molar-refractivity contribution is 5.76. The summed E-state index contributed by atoms with van der Waals surface area (Å²) in [5.41, 5.74) is 1.44. The average Bonchev–Trinajstić information content (AvgIpc) is 2.64. The van der Waals surface area contributed by atoms with Crippen molar-refractivity contribution in [1.82, 2.24) is 19.7 Å².